The Morgan fingerprint density at radius 2 is 1.30 bits per heavy atom. The van der Waals surface area contributed by atoms with Gasteiger partial charge in [-0.3, -0.25) is 0 Å². The van der Waals surface area contributed by atoms with E-state index in [1.54, 1.807) is 7.11 Å². The first-order chi connectivity index (χ1) is 16.1. The molecule has 160 valence electrons. The summed E-state index contributed by atoms with van der Waals surface area (Å²) >= 11 is 0. The van der Waals surface area contributed by atoms with Crippen molar-refractivity contribution >= 4 is 43.4 Å². The van der Waals surface area contributed by atoms with Crippen molar-refractivity contribution in [3.05, 3.63) is 102 Å². The van der Waals surface area contributed by atoms with Crippen LogP contribution in [0.5, 0.6) is 5.75 Å². The highest BCUT2D eigenvalue weighted by Gasteiger charge is 2.20. The van der Waals surface area contributed by atoms with E-state index >= 15 is 0 Å². The van der Waals surface area contributed by atoms with Crippen LogP contribution in [0.15, 0.2) is 91.3 Å². The Kier molecular flexibility index (Phi) is 4.51. The van der Waals surface area contributed by atoms with Crippen molar-refractivity contribution in [1.29, 1.82) is 0 Å². The molecule has 3 heteroatoms. The van der Waals surface area contributed by atoms with Crippen LogP contribution in [0.25, 0.3) is 43.4 Å². The molecule has 0 aliphatic heterocycles. The lowest BCUT2D eigenvalue weighted by atomic mass is 9.98. The molecule has 0 amide bonds. The molecule has 0 fully saturated rings. The van der Waals surface area contributed by atoms with Crippen LogP contribution in [0.4, 0.5) is 0 Å². The van der Waals surface area contributed by atoms with Gasteiger partial charge < -0.3 is 4.74 Å². The molecule has 6 rings (SSSR count). The van der Waals surface area contributed by atoms with Crippen molar-refractivity contribution in [3.63, 3.8) is 0 Å². The van der Waals surface area contributed by atoms with E-state index in [0.29, 0.717) is 0 Å². The van der Waals surface area contributed by atoms with Gasteiger partial charge >= 0.3 is 0 Å². The van der Waals surface area contributed by atoms with Crippen molar-refractivity contribution in [1.82, 2.24) is 0 Å². The molecule has 3 nitrogen and oxygen atoms in total. The highest BCUT2D eigenvalue weighted by atomic mass is 16.5. The van der Waals surface area contributed by atoms with Gasteiger partial charge in [-0.2, -0.15) is 4.57 Å². The van der Waals surface area contributed by atoms with Crippen molar-refractivity contribution < 1.29 is 13.9 Å². The Bertz CT molecular complexity index is 1680. The predicted octanol–water partition coefficient (Wildman–Crippen LogP) is 5.78. The van der Waals surface area contributed by atoms with Crippen LogP contribution in [0.3, 0.4) is 0 Å². The molecule has 0 saturated carbocycles. The molecule has 2 aromatic heterocycles. The molecule has 33 heavy (non-hydrogen) atoms. The number of methoxy groups -OCH3 is 1. The average molecular weight is 431 g/mol. The van der Waals surface area contributed by atoms with E-state index in [2.05, 4.69) is 114 Å². The van der Waals surface area contributed by atoms with E-state index in [9.17, 15) is 0 Å². The van der Waals surface area contributed by atoms with E-state index in [-0.39, 0.29) is 0 Å². The zero-order valence-electron chi connectivity index (χ0n) is 19.2. The van der Waals surface area contributed by atoms with Crippen molar-refractivity contribution in [2.24, 2.45) is 7.05 Å². The molecule has 0 unspecified atom stereocenters. The van der Waals surface area contributed by atoms with Crippen LogP contribution < -0.4 is 13.9 Å². The maximum absolute atomic E-state index is 5.48. The molecule has 6 aromatic rings. The van der Waals surface area contributed by atoms with E-state index in [1.165, 1.54) is 54.5 Å². The quantitative estimate of drug-likeness (QED) is 0.198. The number of nitrogens with zero attached hydrogens (tertiary/aromatic N) is 2. The fourth-order valence-corrected chi connectivity index (χ4v) is 4.95. The molecule has 0 saturated heterocycles. The Balaban J connectivity index is 1.73. The minimum atomic E-state index is 0.813. The van der Waals surface area contributed by atoms with Gasteiger partial charge in [-0.25, -0.2) is 4.57 Å². The van der Waals surface area contributed by atoms with E-state index in [1.807, 2.05) is 0 Å². The van der Waals surface area contributed by atoms with Gasteiger partial charge in [0, 0.05) is 29.8 Å². The molecule has 0 aliphatic carbocycles. The molecule has 0 bridgehead atoms. The van der Waals surface area contributed by atoms with Crippen LogP contribution >= 0.6 is 0 Å². The van der Waals surface area contributed by atoms with Crippen molar-refractivity contribution in [2.45, 2.75) is 13.5 Å². The fourth-order valence-electron chi connectivity index (χ4n) is 4.95. The number of aromatic nitrogens is 2. The normalized spacial score (nSPS) is 11.6. The first-order valence-corrected chi connectivity index (χ1v) is 11.3. The SMILES string of the molecule is COc1ccc2c(ccc3c2cc2c4ccc(C)cc4ccc2[n+]3Cc2cc[n+](C)cc2)c1. The second kappa shape index (κ2) is 7.56. The summed E-state index contributed by atoms with van der Waals surface area (Å²) < 4.78 is 10.0. The third-order valence-corrected chi connectivity index (χ3v) is 6.70. The molecular weight excluding hydrogens is 404 g/mol. The minimum absolute atomic E-state index is 0.813. The lowest BCUT2D eigenvalue weighted by molar-refractivity contribution is -0.672. The number of benzene rings is 4. The Labute approximate surface area is 193 Å². The standard InChI is InChI=1S/C30H26N2O/c1-20-4-8-25-22(16-20)5-10-29-27(25)18-28-26-9-7-24(33-3)17-23(26)6-11-30(28)32(29)19-21-12-14-31(2)15-13-21/h4-18H,19H2,1-3H3/q+2. The van der Waals surface area contributed by atoms with E-state index in [0.717, 1.165) is 12.3 Å². The van der Waals surface area contributed by atoms with Crippen LogP contribution in [0.2, 0.25) is 0 Å². The summed E-state index contributed by atoms with van der Waals surface area (Å²) in [6.45, 7) is 2.97. The fraction of sp³-hybridized carbons (Fsp3) is 0.133. The number of rotatable bonds is 3. The summed E-state index contributed by atoms with van der Waals surface area (Å²) in [5, 5.41) is 7.55. The number of hydrogen-bond donors (Lipinski definition) is 0. The van der Waals surface area contributed by atoms with Gasteiger partial charge in [0.1, 0.15) is 12.8 Å². The Morgan fingerprint density at radius 3 is 1.97 bits per heavy atom. The van der Waals surface area contributed by atoms with Crippen molar-refractivity contribution in [3.8, 4) is 5.75 Å². The van der Waals surface area contributed by atoms with Gasteiger partial charge in [0.2, 0.25) is 11.0 Å². The van der Waals surface area contributed by atoms with Gasteiger partial charge in [0.15, 0.2) is 18.9 Å². The number of aryl methyl sites for hydroxylation is 2. The van der Waals surface area contributed by atoms with Crippen LogP contribution in [-0.2, 0) is 13.6 Å². The highest BCUT2D eigenvalue weighted by Crippen LogP contribution is 2.32. The number of pyridine rings is 2. The molecule has 0 N–H and O–H groups in total. The summed E-state index contributed by atoms with van der Waals surface area (Å²) in [4.78, 5) is 0. The summed E-state index contributed by atoms with van der Waals surface area (Å²) in [5.74, 6) is 0.883. The monoisotopic (exact) mass is 430 g/mol. The van der Waals surface area contributed by atoms with Gasteiger partial charge in [-0.15, -0.1) is 0 Å². The summed E-state index contributed by atoms with van der Waals surface area (Å²) in [6, 6.07) is 28.9. The Morgan fingerprint density at radius 1 is 0.667 bits per heavy atom. The van der Waals surface area contributed by atoms with E-state index in [4.69, 9.17) is 4.74 Å². The summed E-state index contributed by atoms with van der Waals surface area (Å²) in [6.07, 6.45) is 4.23. The van der Waals surface area contributed by atoms with Gasteiger partial charge in [0.05, 0.1) is 17.9 Å². The molecular formula is C30H26N2O+2. The van der Waals surface area contributed by atoms with Crippen molar-refractivity contribution in [2.75, 3.05) is 7.11 Å². The van der Waals surface area contributed by atoms with Gasteiger partial charge in [0.25, 0.3) is 0 Å². The lowest BCUT2D eigenvalue weighted by Gasteiger charge is -2.11. The first kappa shape index (κ1) is 19.7. The van der Waals surface area contributed by atoms with Gasteiger partial charge in [-0.05, 0) is 64.9 Å². The smallest absolute Gasteiger partial charge is 0.213 e. The third kappa shape index (κ3) is 3.28. The topological polar surface area (TPSA) is 17.0 Å². The molecule has 4 aromatic carbocycles. The zero-order valence-corrected chi connectivity index (χ0v) is 19.2. The zero-order chi connectivity index (χ0) is 22.5. The Hall–Kier alpha value is -3.98. The van der Waals surface area contributed by atoms with E-state index < -0.39 is 0 Å². The second-order valence-electron chi connectivity index (χ2n) is 8.91. The van der Waals surface area contributed by atoms with Crippen LogP contribution in [-0.4, -0.2) is 7.11 Å². The second-order valence-corrected chi connectivity index (χ2v) is 8.91. The molecule has 0 atom stereocenters. The largest absolute Gasteiger partial charge is 0.497 e. The third-order valence-electron chi connectivity index (χ3n) is 6.70. The van der Waals surface area contributed by atoms with Crippen LogP contribution in [0, 0.1) is 6.92 Å². The first-order valence-electron chi connectivity index (χ1n) is 11.3. The number of hydrogen-bond acceptors (Lipinski definition) is 1. The molecule has 0 spiro atoms. The van der Waals surface area contributed by atoms with Gasteiger partial charge in [-0.1, -0.05) is 23.8 Å². The average Bonchev–Trinajstić information content (AvgIpc) is 2.84. The summed E-state index contributed by atoms with van der Waals surface area (Å²) in [5.41, 5.74) is 5.05. The molecule has 0 radical (unpaired) electrons. The highest BCUT2D eigenvalue weighted by molar-refractivity contribution is 6.13. The minimum Gasteiger partial charge on any atom is -0.497 e. The molecule has 2 heterocycles. The maximum atomic E-state index is 5.48. The predicted molar refractivity (Wildman–Crippen MR) is 135 cm³/mol. The summed E-state index contributed by atoms with van der Waals surface area (Å²) in [7, 11) is 3.77. The number of ether oxygens (including phenoxy) is 1. The number of fused-ring (bicyclic) bond motifs is 6. The molecule has 0 aliphatic rings. The lowest BCUT2D eigenvalue weighted by Crippen LogP contribution is -2.37. The van der Waals surface area contributed by atoms with Crippen LogP contribution in [0.1, 0.15) is 11.1 Å². The maximum Gasteiger partial charge on any atom is 0.213 e.